The Morgan fingerprint density at radius 3 is 2.65 bits per heavy atom. The lowest BCUT2D eigenvalue weighted by atomic mass is 10.0. The fraction of sp³-hybridized carbons (Fsp3) is 0.471. The molecule has 2 aromatic rings. The summed E-state index contributed by atoms with van der Waals surface area (Å²) in [5, 5.41) is 8.67. The largest absolute Gasteiger partial charge is 0.490 e. The second-order valence-corrected chi connectivity index (χ2v) is 7.31. The summed E-state index contributed by atoms with van der Waals surface area (Å²) in [6.45, 7) is 6.67. The smallest absolute Gasteiger partial charge is 0.156 e. The van der Waals surface area contributed by atoms with Gasteiger partial charge in [0.15, 0.2) is 5.75 Å². The quantitative estimate of drug-likeness (QED) is 0.885. The number of halogens is 2. The molecular formula is C17H21Cl2N3O. The van der Waals surface area contributed by atoms with Crippen LogP contribution in [0.5, 0.6) is 5.75 Å². The lowest BCUT2D eigenvalue weighted by Crippen LogP contribution is -2.26. The van der Waals surface area contributed by atoms with Gasteiger partial charge < -0.3 is 9.64 Å². The topological polar surface area (TPSA) is 41.1 Å². The van der Waals surface area contributed by atoms with Crippen molar-refractivity contribution in [2.75, 3.05) is 20.2 Å². The Morgan fingerprint density at radius 1 is 1.30 bits per heavy atom. The summed E-state index contributed by atoms with van der Waals surface area (Å²) in [6.07, 6.45) is 0.982. The minimum atomic E-state index is 0.413. The van der Waals surface area contributed by atoms with E-state index in [0.29, 0.717) is 28.3 Å². The number of benzene rings is 1. The predicted octanol–water partition coefficient (Wildman–Crippen LogP) is 4.41. The van der Waals surface area contributed by atoms with Gasteiger partial charge in [0.1, 0.15) is 0 Å². The van der Waals surface area contributed by atoms with Gasteiger partial charge in [-0.15, -0.1) is 0 Å². The van der Waals surface area contributed by atoms with Crippen LogP contribution in [-0.2, 0) is 13.0 Å². The number of nitrogens with zero attached hydrogens (tertiary/aromatic N) is 2. The summed E-state index contributed by atoms with van der Waals surface area (Å²) < 4.78 is 5.73. The first-order valence-corrected chi connectivity index (χ1v) is 8.58. The highest BCUT2D eigenvalue weighted by atomic mass is 35.5. The van der Waals surface area contributed by atoms with Crippen molar-refractivity contribution >= 4 is 23.2 Å². The fourth-order valence-corrected chi connectivity index (χ4v) is 3.35. The van der Waals surface area contributed by atoms with Crippen molar-refractivity contribution in [2.24, 2.45) is 5.92 Å². The first-order valence-electron chi connectivity index (χ1n) is 7.82. The molecule has 0 fully saturated rings. The summed E-state index contributed by atoms with van der Waals surface area (Å²) in [4.78, 5) is 2.28. The molecule has 0 amide bonds. The van der Waals surface area contributed by atoms with Gasteiger partial charge in [0.25, 0.3) is 0 Å². The van der Waals surface area contributed by atoms with E-state index in [1.54, 1.807) is 0 Å². The summed E-state index contributed by atoms with van der Waals surface area (Å²) in [5.74, 6) is 0.961. The molecule has 1 aliphatic rings. The van der Waals surface area contributed by atoms with Crippen molar-refractivity contribution in [2.45, 2.75) is 26.8 Å². The lowest BCUT2D eigenvalue weighted by molar-refractivity contribution is 0.271. The number of H-pyrrole nitrogens is 1. The third kappa shape index (κ3) is 3.49. The number of hydrogen-bond acceptors (Lipinski definition) is 3. The van der Waals surface area contributed by atoms with Crippen molar-refractivity contribution in [3.8, 4) is 17.0 Å². The van der Waals surface area contributed by atoms with Crippen molar-refractivity contribution in [1.82, 2.24) is 15.1 Å². The van der Waals surface area contributed by atoms with Crippen LogP contribution in [0.2, 0.25) is 10.0 Å². The zero-order valence-electron chi connectivity index (χ0n) is 13.6. The van der Waals surface area contributed by atoms with E-state index in [0.717, 1.165) is 30.8 Å². The average molecular weight is 354 g/mol. The Bertz CT molecular complexity index is 689. The molecule has 124 valence electrons. The van der Waals surface area contributed by atoms with Crippen LogP contribution in [0.25, 0.3) is 11.3 Å². The Kier molecular flexibility index (Phi) is 4.85. The summed E-state index contributed by atoms with van der Waals surface area (Å²) in [6, 6.07) is 3.77. The number of ether oxygens (including phenoxy) is 1. The van der Waals surface area contributed by atoms with Gasteiger partial charge in [-0.2, -0.15) is 5.10 Å². The van der Waals surface area contributed by atoms with Gasteiger partial charge in [-0.05, 0) is 25.1 Å². The summed E-state index contributed by atoms with van der Waals surface area (Å²) >= 11 is 12.8. The second kappa shape index (κ2) is 6.71. The lowest BCUT2D eigenvalue weighted by Gasteiger charge is -2.22. The van der Waals surface area contributed by atoms with E-state index in [-0.39, 0.29) is 0 Å². The number of aromatic amines is 1. The Morgan fingerprint density at radius 2 is 2.00 bits per heavy atom. The molecule has 0 radical (unpaired) electrons. The fourth-order valence-electron chi connectivity index (χ4n) is 2.75. The standard InChI is InChI=1S/C17H21Cl2N3O/c1-10(2)9-23-17-13(18)6-11(7-14(17)19)16-12-8-22(3)5-4-15(12)20-21-16/h6-7,10H,4-5,8-9H2,1-3H3,(H,20,21). The van der Waals surface area contributed by atoms with Crippen LogP contribution in [0.15, 0.2) is 12.1 Å². The molecule has 1 aromatic carbocycles. The highest BCUT2D eigenvalue weighted by Crippen LogP contribution is 2.39. The zero-order chi connectivity index (χ0) is 16.6. The second-order valence-electron chi connectivity index (χ2n) is 6.49. The van der Waals surface area contributed by atoms with Crippen molar-refractivity contribution in [3.63, 3.8) is 0 Å². The SMILES string of the molecule is CC(C)COc1c(Cl)cc(-c2n[nH]c3c2CN(C)CC3)cc1Cl. The summed E-state index contributed by atoms with van der Waals surface area (Å²) in [7, 11) is 2.11. The van der Waals surface area contributed by atoms with Gasteiger partial charge in [0.2, 0.25) is 0 Å². The van der Waals surface area contributed by atoms with E-state index >= 15 is 0 Å². The van der Waals surface area contributed by atoms with E-state index in [9.17, 15) is 0 Å². The molecule has 4 nitrogen and oxygen atoms in total. The van der Waals surface area contributed by atoms with Crippen molar-refractivity contribution in [3.05, 3.63) is 33.4 Å². The van der Waals surface area contributed by atoms with Gasteiger partial charge in [-0.3, -0.25) is 5.10 Å². The summed E-state index contributed by atoms with van der Waals surface area (Å²) in [5.41, 5.74) is 4.27. The molecule has 6 heteroatoms. The van der Waals surface area contributed by atoms with Gasteiger partial charge >= 0.3 is 0 Å². The predicted molar refractivity (Wildman–Crippen MR) is 94.4 cm³/mol. The number of fused-ring (bicyclic) bond motifs is 1. The highest BCUT2D eigenvalue weighted by molar-refractivity contribution is 6.37. The molecule has 0 spiro atoms. The molecule has 23 heavy (non-hydrogen) atoms. The first-order chi connectivity index (χ1) is 11.0. The van der Waals surface area contributed by atoms with Gasteiger partial charge in [-0.1, -0.05) is 37.0 Å². The average Bonchev–Trinajstić information content (AvgIpc) is 2.88. The third-order valence-electron chi connectivity index (χ3n) is 3.96. The number of likely N-dealkylation sites (N-methyl/N-ethyl adjacent to an activating group) is 1. The number of hydrogen-bond donors (Lipinski definition) is 1. The van der Waals surface area contributed by atoms with Crippen LogP contribution in [0.1, 0.15) is 25.1 Å². The van der Waals surface area contributed by atoms with Gasteiger partial charge in [-0.25, -0.2) is 0 Å². The van der Waals surface area contributed by atoms with E-state index in [4.69, 9.17) is 27.9 Å². The molecule has 2 heterocycles. The van der Waals surface area contributed by atoms with E-state index in [1.807, 2.05) is 12.1 Å². The molecule has 1 aliphatic heterocycles. The van der Waals surface area contributed by atoms with Crippen molar-refractivity contribution < 1.29 is 4.74 Å². The number of rotatable bonds is 4. The van der Waals surface area contributed by atoms with E-state index in [1.165, 1.54) is 11.3 Å². The Hall–Kier alpha value is -1.23. The highest BCUT2D eigenvalue weighted by Gasteiger charge is 2.22. The molecule has 0 saturated carbocycles. The molecule has 1 aromatic heterocycles. The van der Waals surface area contributed by atoms with Gasteiger partial charge in [0, 0.05) is 36.3 Å². The van der Waals surface area contributed by atoms with Crippen molar-refractivity contribution in [1.29, 1.82) is 0 Å². The molecule has 0 saturated heterocycles. The van der Waals surface area contributed by atoms with Crippen LogP contribution in [0.3, 0.4) is 0 Å². The van der Waals surface area contributed by atoms with Crippen LogP contribution in [-0.4, -0.2) is 35.3 Å². The number of nitrogens with one attached hydrogen (secondary N) is 1. The molecule has 0 aliphatic carbocycles. The normalized spacial score (nSPS) is 15.0. The van der Waals surface area contributed by atoms with E-state index in [2.05, 4.69) is 36.0 Å². The monoisotopic (exact) mass is 353 g/mol. The maximum Gasteiger partial charge on any atom is 0.156 e. The molecule has 1 N–H and O–H groups in total. The van der Waals surface area contributed by atoms with E-state index < -0.39 is 0 Å². The number of aromatic nitrogens is 2. The molecule has 0 unspecified atom stereocenters. The van der Waals surface area contributed by atoms with Crippen LogP contribution < -0.4 is 4.74 Å². The minimum Gasteiger partial charge on any atom is -0.490 e. The Balaban J connectivity index is 1.94. The zero-order valence-corrected chi connectivity index (χ0v) is 15.1. The molecule has 0 atom stereocenters. The maximum absolute atomic E-state index is 6.39. The molecular weight excluding hydrogens is 333 g/mol. The van der Waals surface area contributed by atoms with Crippen LogP contribution >= 0.6 is 23.2 Å². The van der Waals surface area contributed by atoms with Gasteiger partial charge in [0.05, 0.1) is 22.3 Å². The van der Waals surface area contributed by atoms with Crippen LogP contribution in [0, 0.1) is 5.92 Å². The molecule has 0 bridgehead atoms. The third-order valence-corrected chi connectivity index (χ3v) is 4.52. The maximum atomic E-state index is 6.39. The van der Waals surface area contributed by atoms with Crippen LogP contribution in [0.4, 0.5) is 0 Å². The first kappa shape index (κ1) is 16.6. The molecule has 3 rings (SSSR count). The Labute approximate surface area is 146 Å². The minimum absolute atomic E-state index is 0.413.